The van der Waals surface area contributed by atoms with Gasteiger partial charge in [-0.1, -0.05) is 0 Å². The first-order chi connectivity index (χ1) is 12.9. The molecule has 0 spiro atoms. The van der Waals surface area contributed by atoms with E-state index in [-0.39, 0.29) is 22.8 Å². The summed E-state index contributed by atoms with van der Waals surface area (Å²) in [5.74, 6) is 2.32. The Kier molecular flexibility index (Phi) is 3.62. The zero-order chi connectivity index (χ0) is 18.8. The maximum atomic E-state index is 13.8. The minimum Gasteiger partial charge on any atom is -0.497 e. The summed E-state index contributed by atoms with van der Waals surface area (Å²) < 4.78 is 5.34. The number of ether oxygens (including phenoxy) is 1. The Labute approximate surface area is 160 Å². The van der Waals surface area contributed by atoms with Crippen LogP contribution >= 0.6 is 0 Å². The Balaban J connectivity index is 1.47. The number of carbonyl (C=O) groups is 2. The number of benzene rings is 1. The van der Waals surface area contributed by atoms with Gasteiger partial charge in [0.05, 0.1) is 12.5 Å². The Hall–Kier alpha value is -2.04. The Morgan fingerprint density at radius 2 is 1.93 bits per heavy atom. The van der Waals surface area contributed by atoms with E-state index >= 15 is 0 Å². The molecule has 0 radical (unpaired) electrons. The van der Waals surface area contributed by atoms with E-state index in [2.05, 4.69) is 11.4 Å². The number of hydrogen-bond acceptors (Lipinski definition) is 3. The molecular formula is C22H28N2O3. The largest absolute Gasteiger partial charge is 0.497 e. The quantitative estimate of drug-likeness (QED) is 0.892. The highest BCUT2D eigenvalue weighted by molar-refractivity contribution is 6.00. The highest BCUT2D eigenvalue weighted by Gasteiger charge is 2.61. The molecule has 1 aromatic carbocycles. The van der Waals surface area contributed by atoms with Gasteiger partial charge in [-0.15, -0.1) is 0 Å². The van der Waals surface area contributed by atoms with Crippen molar-refractivity contribution < 1.29 is 14.3 Å². The van der Waals surface area contributed by atoms with Crippen LogP contribution in [0.1, 0.15) is 51.0 Å². The van der Waals surface area contributed by atoms with Crippen molar-refractivity contribution in [2.24, 2.45) is 17.3 Å². The fourth-order valence-electron chi connectivity index (χ4n) is 7.03. The SMILES string of the molecule is COc1ccc2c(c1)CCN2C(=O)C12CC3CC(CC(NC(C)=O)(C3)C1)C2. The van der Waals surface area contributed by atoms with Crippen molar-refractivity contribution >= 4 is 17.5 Å². The van der Waals surface area contributed by atoms with E-state index in [0.29, 0.717) is 11.8 Å². The first-order valence-electron chi connectivity index (χ1n) is 10.2. The van der Waals surface area contributed by atoms with Gasteiger partial charge in [0.2, 0.25) is 11.8 Å². The van der Waals surface area contributed by atoms with E-state index in [1.54, 1.807) is 14.0 Å². The highest BCUT2D eigenvalue weighted by atomic mass is 16.5. The number of hydrogen-bond donors (Lipinski definition) is 1. The molecule has 1 aromatic rings. The third-order valence-corrected chi connectivity index (χ3v) is 7.38. The summed E-state index contributed by atoms with van der Waals surface area (Å²) in [6.07, 6.45) is 7.00. The van der Waals surface area contributed by atoms with E-state index in [4.69, 9.17) is 4.74 Å². The van der Waals surface area contributed by atoms with Crippen molar-refractivity contribution in [3.05, 3.63) is 23.8 Å². The monoisotopic (exact) mass is 368 g/mol. The lowest BCUT2D eigenvalue weighted by molar-refractivity contribution is -0.150. The second-order valence-corrected chi connectivity index (χ2v) is 9.40. The van der Waals surface area contributed by atoms with Crippen LogP contribution in [-0.4, -0.2) is 31.0 Å². The molecule has 2 amide bonds. The van der Waals surface area contributed by atoms with Crippen molar-refractivity contribution in [2.45, 2.75) is 57.4 Å². The standard InChI is InChI=1S/C22H28N2O3/c1-14(25)23-22-11-15-7-16(12-22)10-21(9-15,13-22)20(26)24-6-5-17-8-18(27-2)3-4-19(17)24/h3-4,8,15-16H,5-7,9-13H2,1-2H3,(H,23,25). The van der Waals surface area contributed by atoms with Crippen LogP contribution in [-0.2, 0) is 16.0 Å². The molecule has 0 saturated heterocycles. The van der Waals surface area contributed by atoms with Gasteiger partial charge < -0.3 is 15.0 Å². The summed E-state index contributed by atoms with van der Waals surface area (Å²) in [5, 5.41) is 3.27. The molecule has 4 bridgehead atoms. The fourth-order valence-corrected chi connectivity index (χ4v) is 7.03. The van der Waals surface area contributed by atoms with Crippen LogP contribution in [0.15, 0.2) is 18.2 Å². The number of methoxy groups -OCH3 is 1. The van der Waals surface area contributed by atoms with Crippen LogP contribution in [0.2, 0.25) is 0 Å². The minimum absolute atomic E-state index is 0.0400. The first-order valence-corrected chi connectivity index (χ1v) is 10.2. The summed E-state index contributed by atoms with van der Waals surface area (Å²) >= 11 is 0. The molecular weight excluding hydrogens is 340 g/mol. The number of nitrogens with zero attached hydrogens (tertiary/aromatic N) is 1. The van der Waals surface area contributed by atoms with Crippen LogP contribution in [0.3, 0.4) is 0 Å². The van der Waals surface area contributed by atoms with Crippen LogP contribution in [0, 0.1) is 17.3 Å². The van der Waals surface area contributed by atoms with E-state index in [1.807, 2.05) is 17.0 Å². The molecule has 1 N–H and O–H groups in total. The van der Waals surface area contributed by atoms with E-state index in [0.717, 1.165) is 56.5 Å². The average Bonchev–Trinajstić information content (AvgIpc) is 3.01. The molecule has 2 atom stereocenters. The van der Waals surface area contributed by atoms with Gasteiger partial charge in [-0.3, -0.25) is 9.59 Å². The van der Waals surface area contributed by atoms with Gasteiger partial charge >= 0.3 is 0 Å². The molecule has 4 saturated carbocycles. The third-order valence-electron chi connectivity index (χ3n) is 7.38. The lowest BCUT2D eigenvalue weighted by Gasteiger charge is -2.61. The highest BCUT2D eigenvalue weighted by Crippen LogP contribution is 2.62. The Bertz CT molecular complexity index is 804. The second-order valence-electron chi connectivity index (χ2n) is 9.40. The van der Waals surface area contributed by atoms with Crippen LogP contribution in [0.5, 0.6) is 5.75 Å². The smallest absolute Gasteiger partial charge is 0.233 e. The van der Waals surface area contributed by atoms with Gasteiger partial charge in [-0.05, 0) is 80.5 Å². The van der Waals surface area contributed by atoms with Crippen molar-refractivity contribution in [3.63, 3.8) is 0 Å². The van der Waals surface area contributed by atoms with Crippen LogP contribution < -0.4 is 15.0 Å². The van der Waals surface area contributed by atoms with E-state index in [1.165, 1.54) is 12.0 Å². The van der Waals surface area contributed by atoms with E-state index in [9.17, 15) is 9.59 Å². The van der Waals surface area contributed by atoms with Crippen molar-refractivity contribution in [1.82, 2.24) is 5.32 Å². The number of fused-ring (bicyclic) bond motifs is 1. The molecule has 144 valence electrons. The van der Waals surface area contributed by atoms with Gasteiger partial charge in [0.25, 0.3) is 0 Å². The maximum Gasteiger partial charge on any atom is 0.233 e. The predicted octanol–water partition coefficient (Wildman–Crippen LogP) is 3.06. The molecule has 2 unspecified atom stereocenters. The summed E-state index contributed by atoms with van der Waals surface area (Å²) in [6.45, 7) is 2.36. The summed E-state index contributed by atoms with van der Waals surface area (Å²) in [4.78, 5) is 27.7. The average molecular weight is 368 g/mol. The molecule has 5 heteroatoms. The lowest BCUT2D eigenvalue weighted by atomic mass is 9.46. The fraction of sp³-hybridized carbons (Fsp3) is 0.636. The zero-order valence-corrected chi connectivity index (χ0v) is 16.2. The number of carbonyl (C=O) groups excluding carboxylic acids is 2. The third kappa shape index (κ3) is 2.58. The number of rotatable bonds is 3. The molecule has 5 aliphatic rings. The Morgan fingerprint density at radius 1 is 1.19 bits per heavy atom. The van der Waals surface area contributed by atoms with Crippen LogP contribution in [0.25, 0.3) is 0 Å². The molecule has 27 heavy (non-hydrogen) atoms. The Morgan fingerprint density at radius 3 is 2.59 bits per heavy atom. The minimum atomic E-state index is -0.298. The van der Waals surface area contributed by atoms with Crippen LogP contribution in [0.4, 0.5) is 5.69 Å². The number of nitrogens with one attached hydrogen (secondary N) is 1. The molecule has 4 fully saturated rings. The molecule has 6 rings (SSSR count). The second kappa shape index (κ2) is 5.73. The molecule has 1 aliphatic heterocycles. The summed E-state index contributed by atoms with van der Waals surface area (Å²) in [5.41, 5.74) is 1.79. The maximum absolute atomic E-state index is 13.8. The normalized spacial score (nSPS) is 35.9. The lowest BCUT2D eigenvalue weighted by Crippen LogP contribution is -2.66. The van der Waals surface area contributed by atoms with Crippen molar-refractivity contribution in [3.8, 4) is 5.75 Å². The summed E-state index contributed by atoms with van der Waals surface area (Å²) in [7, 11) is 1.68. The van der Waals surface area contributed by atoms with E-state index < -0.39 is 0 Å². The number of amides is 2. The van der Waals surface area contributed by atoms with Gasteiger partial charge in [-0.25, -0.2) is 0 Å². The topological polar surface area (TPSA) is 58.6 Å². The molecule has 4 aliphatic carbocycles. The van der Waals surface area contributed by atoms with Gasteiger partial charge in [-0.2, -0.15) is 0 Å². The van der Waals surface area contributed by atoms with Gasteiger partial charge in [0.1, 0.15) is 5.75 Å². The van der Waals surface area contributed by atoms with Crippen molar-refractivity contribution in [1.29, 1.82) is 0 Å². The van der Waals surface area contributed by atoms with Crippen molar-refractivity contribution in [2.75, 3.05) is 18.6 Å². The predicted molar refractivity (Wildman–Crippen MR) is 103 cm³/mol. The first kappa shape index (κ1) is 17.1. The van der Waals surface area contributed by atoms with Gasteiger partial charge in [0, 0.05) is 24.7 Å². The molecule has 5 nitrogen and oxygen atoms in total. The molecule has 1 heterocycles. The zero-order valence-electron chi connectivity index (χ0n) is 16.2. The van der Waals surface area contributed by atoms with Gasteiger partial charge in [0.15, 0.2) is 0 Å². The molecule has 0 aromatic heterocycles. The number of anilines is 1. The summed E-state index contributed by atoms with van der Waals surface area (Å²) in [6, 6.07) is 6.03.